The standard InChI is InChI=1S/C14H21NO2S/c16-12(13-6-5-11-18-13)7-8-14(17)15-9-3-1-2-4-10-15/h5-6,11-12,16H,1-4,7-10H2. The van der Waals surface area contributed by atoms with Gasteiger partial charge in [-0.2, -0.15) is 0 Å². The summed E-state index contributed by atoms with van der Waals surface area (Å²) in [5, 5.41) is 11.9. The number of hydrogen-bond donors (Lipinski definition) is 1. The molecular formula is C14H21NO2S. The maximum atomic E-state index is 12.0. The van der Waals surface area contributed by atoms with Crippen LogP contribution in [0.2, 0.25) is 0 Å². The molecule has 0 radical (unpaired) electrons. The Kier molecular flexibility index (Phi) is 5.20. The first-order valence-electron chi connectivity index (χ1n) is 6.76. The molecule has 100 valence electrons. The van der Waals surface area contributed by atoms with Crippen molar-refractivity contribution in [1.29, 1.82) is 0 Å². The highest BCUT2D eigenvalue weighted by Crippen LogP contribution is 2.23. The van der Waals surface area contributed by atoms with E-state index in [-0.39, 0.29) is 5.91 Å². The normalized spacial score (nSPS) is 18.4. The van der Waals surface area contributed by atoms with Crippen molar-refractivity contribution in [3.63, 3.8) is 0 Å². The number of amides is 1. The van der Waals surface area contributed by atoms with Gasteiger partial charge in [-0.25, -0.2) is 0 Å². The molecule has 1 N–H and O–H groups in total. The Bertz CT molecular complexity index is 356. The number of carbonyl (C=O) groups excluding carboxylic acids is 1. The molecule has 1 unspecified atom stereocenters. The third kappa shape index (κ3) is 3.82. The van der Waals surface area contributed by atoms with Gasteiger partial charge in [0.2, 0.25) is 5.91 Å². The Morgan fingerprint density at radius 3 is 2.67 bits per heavy atom. The molecule has 1 aromatic rings. The highest BCUT2D eigenvalue weighted by molar-refractivity contribution is 7.10. The molecule has 18 heavy (non-hydrogen) atoms. The van der Waals surface area contributed by atoms with E-state index in [2.05, 4.69) is 0 Å². The number of thiophene rings is 1. The van der Waals surface area contributed by atoms with E-state index in [1.54, 1.807) is 11.3 Å². The number of likely N-dealkylation sites (tertiary alicyclic amines) is 1. The molecule has 1 aromatic heterocycles. The van der Waals surface area contributed by atoms with Crippen LogP contribution in [0.25, 0.3) is 0 Å². The van der Waals surface area contributed by atoms with Gasteiger partial charge in [0.25, 0.3) is 0 Å². The second kappa shape index (κ2) is 6.90. The molecule has 4 heteroatoms. The molecule has 0 saturated carbocycles. The lowest BCUT2D eigenvalue weighted by Crippen LogP contribution is -2.31. The maximum Gasteiger partial charge on any atom is 0.222 e. The summed E-state index contributed by atoms with van der Waals surface area (Å²) in [5.74, 6) is 0.201. The minimum absolute atomic E-state index is 0.201. The zero-order chi connectivity index (χ0) is 12.8. The van der Waals surface area contributed by atoms with Crippen LogP contribution in [0.15, 0.2) is 17.5 Å². The summed E-state index contributed by atoms with van der Waals surface area (Å²) in [5.41, 5.74) is 0. The van der Waals surface area contributed by atoms with E-state index in [0.717, 1.165) is 30.8 Å². The third-order valence-corrected chi connectivity index (χ3v) is 4.44. The van der Waals surface area contributed by atoms with E-state index < -0.39 is 6.10 Å². The maximum absolute atomic E-state index is 12.0. The Morgan fingerprint density at radius 1 is 1.33 bits per heavy atom. The molecule has 0 aromatic carbocycles. The van der Waals surface area contributed by atoms with Gasteiger partial charge in [0.15, 0.2) is 0 Å². The predicted molar refractivity (Wildman–Crippen MR) is 73.6 cm³/mol. The lowest BCUT2D eigenvalue weighted by Gasteiger charge is -2.20. The van der Waals surface area contributed by atoms with Gasteiger partial charge in [0, 0.05) is 24.4 Å². The van der Waals surface area contributed by atoms with Crippen LogP contribution >= 0.6 is 11.3 Å². The molecule has 2 heterocycles. The predicted octanol–water partition coefficient (Wildman–Crippen LogP) is 2.96. The van der Waals surface area contributed by atoms with Gasteiger partial charge in [-0.1, -0.05) is 18.9 Å². The molecule has 1 saturated heterocycles. The van der Waals surface area contributed by atoms with E-state index in [4.69, 9.17) is 0 Å². The smallest absolute Gasteiger partial charge is 0.222 e. The Hall–Kier alpha value is -0.870. The van der Waals surface area contributed by atoms with Crippen LogP contribution in [0, 0.1) is 0 Å². The van der Waals surface area contributed by atoms with Gasteiger partial charge in [0.05, 0.1) is 6.10 Å². The number of aliphatic hydroxyl groups is 1. The molecule has 1 aliphatic rings. The quantitative estimate of drug-likeness (QED) is 0.911. The van der Waals surface area contributed by atoms with Crippen molar-refractivity contribution in [2.45, 2.75) is 44.6 Å². The topological polar surface area (TPSA) is 40.5 Å². The second-order valence-corrected chi connectivity index (χ2v) is 5.84. The molecule has 1 fully saturated rings. The van der Waals surface area contributed by atoms with Gasteiger partial charge < -0.3 is 10.0 Å². The molecule has 3 nitrogen and oxygen atoms in total. The molecular weight excluding hydrogens is 246 g/mol. The van der Waals surface area contributed by atoms with Gasteiger partial charge >= 0.3 is 0 Å². The SMILES string of the molecule is O=C(CCC(O)c1cccs1)N1CCCCCC1. The first-order chi connectivity index (χ1) is 8.77. The minimum atomic E-state index is -0.485. The van der Waals surface area contributed by atoms with E-state index in [1.807, 2.05) is 22.4 Å². The van der Waals surface area contributed by atoms with E-state index >= 15 is 0 Å². The largest absolute Gasteiger partial charge is 0.388 e. The Morgan fingerprint density at radius 2 is 2.06 bits per heavy atom. The molecule has 0 aliphatic carbocycles. The summed E-state index contributed by atoms with van der Waals surface area (Å²) in [7, 11) is 0. The molecule has 0 bridgehead atoms. The van der Waals surface area contributed by atoms with Crippen molar-refractivity contribution in [2.75, 3.05) is 13.1 Å². The average Bonchev–Trinajstić information content (AvgIpc) is 2.78. The van der Waals surface area contributed by atoms with Gasteiger partial charge in [-0.05, 0) is 30.7 Å². The van der Waals surface area contributed by atoms with Crippen LogP contribution in [-0.4, -0.2) is 29.0 Å². The molecule has 0 spiro atoms. The Balaban J connectivity index is 1.77. The highest BCUT2D eigenvalue weighted by atomic mass is 32.1. The number of hydrogen-bond acceptors (Lipinski definition) is 3. The summed E-state index contributed by atoms with van der Waals surface area (Å²) < 4.78 is 0. The van der Waals surface area contributed by atoms with Crippen molar-refractivity contribution in [2.24, 2.45) is 0 Å². The summed E-state index contributed by atoms with van der Waals surface area (Å²) in [6.45, 7) is 1.79. The lowest BCUT2D eigenvalue weighted by atomic mass is 10.1. The number of carbonyl (C=O) groups is 1. The fourth-order valence-corrected chi connectivity index (χ4v) is 3.11. The molecule has 1 atom stereocenters. The fraction of sp³-hybridized carbons (Fsp3) is 0.643. The minimum Gasteiger partial charge on any atom is -0.388 e. The number of aliphatic hydroxyl groups excluding tert-OH is 1. The molecule has 1 aliphatic heterocycles. The van der Waals surface area contributed by atoms with Crippen molar-refractivity contribution < 1.29 is 9.90 Å². The first kappa shape index (κ1) is 13.6. The molecule has 1 amide bonds. The van der Waals surface area contributed by atoms with Crippen LogP contribution < -0.4 is 0 Å². The van der Waals surface area contributed by atoms with E-state index in [9.17, 15) is 9.90 Å². The number of rotatable bonds is 4. The highest BCUT2D eigenvalue weighted by Gasteiger charge is 2.17. The van der Waals surface area contributed by atoms with Gasteiger partial charge in [0.1, 0.15) is 0 Å². The average molecular weight is 267 g/mol. The summed E-state index contributed by atoms with van der Waals surface area (Å²) in [4.78, 5) is 15.0. The monoisotopic (exact) mass is 267 g/mol. The van der Waals surface area contributed by atoms with Gasteiger partial charge in [-0.3, -0.25) is 4.79 Å². The van der Waals surface area contributed by atoms with E-state index in [0.29, 0.717) is 12.8 Å². The van der Waals surface area contributed by atoms with Crippen LogP contribution in [0.4, 0.5) is 0 Å². The van der Waals surface area contributed by atoms with Crippen LogP contribution in [0.1, 0.15) is 49.5 Å². The van der Waals surface area contributed by atoms with Crippen molar-refractivity contribution in [1.82, 2.24) is 4.90 Å². The third-order valence-electron chi connectivity index (χ3n) is 3.46. The zero-order valence-corrected chi connectivity index (χ0v) is 11.5. The lowest BCUT2D eigenvalue weighted by molar-refractivity contribution is -0.131. The van der Waals surface area contributed by atoms with Crippen molar-refractivity contribution in [3.05, 3.63) is 22.4 Å². The van der Waals surface area contributed by atoms with Gasteiger partial charge in [-0.15, -0.1) is 11.3 Å². The first-order valence-corrected chi connectivity index (χ1v) is 7.64. The van der Waals surface area contributed by atoms with E-state index in [1.165, 1.54) is 12.8 Å². The number of nitrogens with zero attached hydrogens (tertiary/aromatic N) is 1. The fourth-order valence-electron chi connectivity index (χ4n) is 2.36. The summed E-state index contributed by atoms with van der Waals surface area (Å²) in [6, 6.07) is 3.85. The van der Waals surface area contributed by atoms with Crippen LogP contribution in [-0.2, 0) is 4.79 Å². The van der Waals surface area contributed by atoms with Crippen LogP contribution in [0.5, 0.6) is 0 Å². The second-order valence-electron chi connectivity index (χ2n) is 4.86. The van der Waals surface area contributed by atoms with Crippen molar-refractivity contribution in [3.8, 4) is 0 Å². The Labute approximate surface area is 112 Å². The van der Waals surface area contributed by atoms with Crippen LogP contribution in [0.3, 0.4) is 0 Å². The van der Waals surface area contributed by atoms with Crippen molar-refractivity contribution >= 4 is 17.2 Å². The summed E-state index contributed by atoms with van der Waals surface area (Å²) in [6.07, 6.45) is 5.23. The zero-order valence-electron chi connectivity index (χ0n) is 10.7. The summed E-state index contributed by atoms with van der Waals surface area (Å²) >= 11 is 1.55. The molecule has 2 rings (SSSR count).